The Hall–Kier alpha value is -1.82. The summed E-state index contributed by atoms with van der Waals surface area (Å²) in [6.07, 6.45) is 0.274. The first-order valence-electron chi connectivity index (χ1n) is 6.32. The van der Waals surface area contributed by atoms with Crippen LogP contribution in [0.5, 0.6) is 0 Å². The molecule has 0 saturated carbocycles. The Morgan fingerprint density at radius 1 is 1.05 bits per heavy atom. The second kappa shape index (κ2) is 6.56. The van der Waals surface area contributed by atoms with Gasteiger partial charge in [-0.05, 0) is 17.2 Å². The highest BCUT2D eigenvalue weighted by Gasteiger charge is 2.17. The molecule has 0 amide bonds. The molecule has 0 fully saturated rings. The minimum atomic E-state index is -1.39. The summed E-state index contributed by atoms with van der Waals surface area (Å²) in [6, 6.07) is 9.53. The predicted molar refractivity (Wildman–Crippen MR) is 74.5 cm³/mol. The van der Waals surface area contributed by atoms with Crippen LogP contribution >= 0.6 is 0 Å². The standard InChI is InChI=1S/C15H17FN2O2/c16-15(14(17)9-20)11-3-1-10(2-4-11)12-5-6-13(8-19)18-7-12/h1-7,14-15,19-20H,8-9,17H2. The summed E-state index contributed by atoms with van der Waals surface area (Å²) >= 11 is 0. The van der Waals surface area contributed by atoms with Gasteiger partial charge in [-0.2, -0.15) is 0 Å². The van der Waals surface area contributed by atoms with Crippen LogP contribution in [0.25, 0.3) is 11.1 Å². The average molecular weight is 276 g/mol. The zero-order valence-electron chi connectivity index (χ0n) is 10.9. The molecule has 0 bridgehead atoms. The predicted octanol–water partition coefficient (Wildman–Crippen LogP) is 1.57. The van der Waals surface area contributed by atoms with Crippen LogP contribution in [0.4, 0.5) is 4.39 Å². The fourth-order valence-corrected chi connectivity index (χ4v) is 1.89. The molecule has 0 aliphatic rings. The second-order valence-corrected chi connectivity index (χ2v) is 4.57. The van der Waals surface area contributed by atoms with Gasteiger partial charge in [-0.15, -0.1) is 0 Å². The van der Waals surface area contributed by atoms with Gasteiger partial charge >= 0.3 is 0 Å². The van der Waals surface area contributed by atoms with Crippen molar-refractivity contribution in [2.24, 2.45) is 5.73 Å². The van der Waals surface area contributed by atoms with Gasteiger partial charge in [-0.3, -0.25) is 4.98 Å². The lowest BCUT2D eigenvalue weighted by molar-refractivity contribution is 0.190. The van der Waals surface area contributed by atoms with E-state index in [1.165, 1.54) is 0 Å². The van der Waals surface area contributed by atoms with Crippen molar-refractivity contribution in [3.8, 4) is 11.1 Å². The maximum Gasteiger partial charge on any atom is 0.142 e. The van der Waals surface area contributed by atoms with Gasteiger partial charge in [0.25, 0.3) is 0 Å². The molecular formula is C15H17FN2O2. The number of aliphatic hydroxyl groups is 2. The smallest absolute Gasteiger partial charge is 0.142 e. The van der Waals surface area contributed by atoms with E-state index in [0.29, 0.717) is 11.3 Å². The van der Waals surface area contributed by atoms with Crippen molar-refractivity contribution < 1.29 is 14.6 Å². The maximum atomic E-state index is 13.8. The normalized spacial score (nSPS) is 14.0. The zero-order valence-corrected chi connectivity index (χ0v) is 10.9. The number of aliphatic hydroxyl groups excluding tert-OH is 2. The number of halogens is 1. The summed E-state index contributed by atoms with van der Waals surface area (Å²) < 4.78 is 13.8. The topological polar surface area (TPSA) is 79.4 Å². The Kier molecular flexibility index (Phi) is 4.79. The third kappa shape index (κ3) is 3.19. The molecule has 0 spiro atoms. The fraction of sp³-hybridized carbons (Fsp3) is 0.267. The van der Waals surface area contributed by atoms with Gasteiger partial charge < -0.3 is 15.9 Å². The molecule has 2 unspecified atom stereocenters. The first-order chi connectivity index (χ1) is 9.65. The summed E-state index contributed by atoms with van der Waals surface area (Å²) in [7, 11) is 0. The van der Waals surface area contributed by atoms with Gasteiger partial charge in [0.15, 0.2) is 0 Å². The van der Waals surface area contributed by atoms with Crippen LogP contribution < -0.4 is 5.73 Å². The van der Waals surface area contributed by atoms with Crippen molar-refractivity contribution in [3.63, 3.8) is 0 Å². The van der Waals surface area contributed by atoms with Crippen molar-refractivity contribution in [3.05, 3.63) is 53.9 Å². The summed E-state index contributed by atoms with van der Waals surface area (Å²) in [5.41, 5.74) is 8.29. The monoisotopic (exact) mass is 276 g/mol. The molecule has 1 aromatic heterocycles. The lowest BCUT2D eigenvalue weighted by atomic mass is 10.0. The van der Waals surface area contributed by atoms with Crippen LogP contribution in [-0.2, 0) is 6.61 Å². The van der Waals surface area contributed by atoms with E-state index >= 15 is 0 Å². The highest BCUT2D eigenvalue weighted by molar-refractivity contribution is 5.62. The minimum Gasteiger partial charge on any atom is -0.395 e. The third-order valence-corrected chi connectivity index (χ3v) is 3.14. The SMILES string of the molecule is NC(CO)C(F)c1ccc(-c2ccc(CO)nc2)cc1. The third-order valence-electron chi connectivity index (χ3n) is 3.14. The highest BCUT2D eigenvalue weighted by atomic mass is 19.1. The van der Waals surface area contributed by atoms with E-state index in [2.05, 4.69) is 4.98 Å². The first-order valence-corrected chi connectivity index (χ1v) is 6.32. The van der Waals surface area contributed by atoms with E-state index in [1.54, 1.807) is 36.5 Å². The molecule has 1 heterocycles. The first kappa shape index (κ1) is 14.6. The summed E-state index contributed by atoms with van der Waals surface area (Å²) in [5, 5.41) is 17.8. The van der Waals surface area contributed by atoms with Gasteiger partial charge in [0, 0.05) is 11.8 Å². The molecule has 4 nitrogen and oxygen atoms in total. The van der Waals surface area contributed by atoms with Crippen LogP contribution in [0.15, 0.2) is 42.6 Å². The number of hydrogen-bond acceptors (Lipinski definition) is 4. The number of pyridine rings is 1. The Morgan fingerprint density at radius 3 is 2.20 bits per heavy atom. The van der Waals surface area contributed by atoms with Gasteiger partial charge in [0.1, 0.15) is 6.17 Å². The number of benzene rings is 1. The van der Waals surface area contributed by atoms with Crippen LogP contribution in [0.2, 0.25) is 0 Å². The molecule has 0 aliphatic carbocycles. The van der Waals surface area contributed by atoms with Crippen LogP contribution in [0, 0.1) is 0 Å². The second-order valence-electron chi connectivity index (χ2n) is 4.57. The molecule has 0 radical (unpaired) electrons. The van der Waals surface area contributed by atoms with Crippen molar-refractivity contribution in [1.82, 2.24) is 4.98 Å². The van der Waals surface area contributed by atoms with Gasteiger partial charge in [-0.1, -0.05) is 30.3 Å². The Labute approximate surface area is 116 Å². The quantitative estimate of drug-likeness (QED) is 0.774. The van der Waals surface area contributed by atoms with Crippen molar-refractivity contribution in [2.45, 2.75) is 18.8 Å². The molecule has 0 aliphatic heterocycles. The Morgan fingerprint density at radius 2 is 1.70 bits per heavy atom. The van der Waals surface area contributed by atoms with Gasteiger partial charge in [-0.25, -0.2) is 4.39 Å². The van der Waals surface area contributed by atoms with Gasteiger partial charge in [0.2, 0.25) is 0 Å². The molecule has 5 heteroatoms. The lowest BCUT2D eigenvalue weighted by Crippen LogP contribution is -2.29. The van der Waals surface area contributed by atoms with Gasteiger partial charge in [0.05, 0.1) is 24.9 Å². The largest absolute Gasteiger partial charge is 0.395 e. The molecule has 0 saturated heterocycles. The lowest BCUT2D eigenvalue weighted by Gasteiger charge is -2.14. The zero-order chi connectivity index (χ0) is 14.5. The van der Waals surface area contributed by atoms with E-state index < -0.39 is 18.8 Å². The molecule has 2 rings (SSSR count). The van der Waals surface area contributed by atoms with E-state index in [-0.39, 0.29) is 6.61 Å². The summed E-state index contributed by atoms with van der Waals surface area (Å²) in [5.74, 6) is 0. The number of nitrogens with zero attached hydrogens (tertiary/aromatic N) is 1. The van der Waals surface area contributed by atoms with E-state index in [9.17, 15) is 4.39 Å². The Balaban J connectivity index is 2.18. The molecule has 1 aromatic carbocycles. The van der Waals surface area contributed by atoms with E-state index in [0.717, 1.165) is 11.1 Å². The van der Waals surface area contributed by atoms with E-state index in [1.807, 2.05) is 6.07 Å². The van der Waals surface area contributed by atoms with Crippen molar-refractivity contribution >= 4 is 0 Å². The van der Waals surface area contributed by atoms with Crippen LogP contribution in [0.3, 0.4) is 0 Å². The maximum absolute atomic E-state index is 13.8. The number of hydrogen-bond donors (Lipinski definition) is 3. The molecule has 2 atom stereocenters. The minimum absolute atomic E-state index is 0.0954. The van der Waals surface area contributed by atoms with Crippen LogP contribution in [0.1, 0.15) is 17.4 Å². The molecule has 20 heavy (non-hydrogen) atoms. The summed E-state index contributed by atoms with van der Waals surface area (Å²) in [4.78, 5) is 4.10. The number of nitrogens with two attached hydrogens (primary N) is 1. The molecule has 2 aromatic rings. The number of aromatic nitrogens is 1. The van der Waals surface area contributed by atoms with Crippen molar-refractivity contribution in [1.29, 1.82) is 0 Å². The molecule has 106 valence electrons. The Bertz CT molecular complexity index is 543. The summed E-state index contributed by atoms with van der Waals surface area (Å²) in [6.45, 7) is -0.489. The molecule has 4 N–H and O–H groups in total. The van der Waals surface area contributed by atoms with E-state index in [4.69, 9.17) is 15.9 Å². The fourth-order valence-electron chi connectivity index (χ4n) is 1.89. The average Bonchev–Trinajstić information content (AvgIpc) is 2.53. The number of rotatable bonds is 5. The molecular weight excluding hydrogens is 259 g/mol. The van der Waals surface area contributed by atoms with Crippen molar-refractivity contribution in [2.75, 3.05) is 6.61 Å². The van der Waals surface area contributed by atoms with Crippen LogP contribution in [-0.4, -0.2) is 27.8 Å². The highest BCUT2D eigenvalue weighted by Crippen LogP contribution is 2.24. The number of alkyl halides is 1.